The summed E-state index contributed by atoms with van der Waals surface area (Å²) in [6, 6.07) is 7.41. The van der Waals surface area contributed by atoms with E-state index in [1.165, 1.54) is 6.08 Å². The zero-order valence-corrected chi connectivity index (χ0v) is 16.7. The van der Waals surface area contributed by atoms with E-state index in [4.69, 9.17) is 14.2 Å². The van der Waals surface area contributed by atoms with E-state index >= 15 is 0 Å². The van der Waals surface area contributed by atoms with Crippen LogP contribution in [0.2, 0.25) is 0 Å². The van der Waals surface area contributed by atoms with Gasteiger partial charge in [-0.05, 0) is 63.3 Å². The Kier molecular flexibility index (Phi) is 7.45. The third kappa shape index (κ3) is 6.42. The van der Waals surface area contributed by atoms with Gasteiger partial charge in [-0.2, -0.15) is 0 Å². The molecule has 0 aromatic heterocycles. The first-order chi connectivity index (χ1) is 12.8. The molecule has 0 heterocycles. The summed E-state index contributed by atoms with van der Waals surface area (Å²) >= 11 is 0. The molecule has 0 bridgehead atoms. The highest BCUT2D eigenvalue weighted by molar-refractivity contribution is 5.87. The van der Waals surface area contributed by atoms with Crippen LogP contribution in [0.4, 0.5) is 0 Å². The largest absolute Gasteiger partial charge is 0.497 e. The second kappa shape index (κ2) is 9.58. The van der Waals surface area contributed by atoms with Crippen LogP contribution < -0.4 is 4.74 Å². The maximum atomic E-state index is 12.2. The second-order valence-corrected chi connectivity index (χ2v) is 7.60. The molecule has 2 rings (SSSR count). The quantitative estimate of drug-likeness (QED) is 0.518. The van der Waals surface area contributed by atoms with E-state index in [9.17, 15) is 9.59 Å². The van der Waals surface area contributed by atoms with E-state index in [0.29, 0.717) is 6.42 Å². The van der Waals surface area contributed by atoms with Crippen molar-refractivity contribution in [2.75, 3.05) is 7.11 Å². The lowest BCUT2D eigenvalue weighted by Gasteiger charge is -2.31. The highest BCUT2D eigenvalue weighted by Gasteiger charge is 2.32. The molecule has 0 saturated heterocycles. The number of carbonyl (C=O) groups excluding carboxylic acids is 2. The van der Waals surface area contributed by atoms with Gasteiger partial charge in [0.05, 0.1) is 12.5 Å². The van der Waals surface area contributed by atoms with E-state index in [1.807, 2.05) is 45.0 Å². The van der Waals surface area contributed by atoms with Crippen LogP contribution in [0.1, 0.15) is 58.4 Å². The number of hydrogen-bond acceptors (Lipinski definition) is 5. The number of benzene rings is 1. The van der Waals surface area contributed by atoms with Gasteiger partial charge in [0, 0.05) is 12.5 Å². The average Bonchev–Trinajstić information content (AvgIpc) is 2.67. The molecule has 2 atom stereocenters. The monoisotopic (exact) mass is 374 g/mol. The Hall–Kier alpha value is -2.30. The molecule has 1 aliphatic carbocycles. The zero-order valence-electron chi connectivity index (χ0n) is 16.7. The van der Waals surface area contributed by atoms with Crippen LogP contribution in [0, 0.1) is 5.41 Å². The van der Waals surface area contributed by atoms with Crippen LogP contribution in [0.25, 0.3) is 6.08 Å². The lowest BCUT2D eigenvalue weighted by atomic mass is 9.90. The number of rotatable bonds is 7. The smallest absolute Gasteiger partial charge is 0.331 e. The second-order valence-electron chi connectivity index (χ2n) is 7.60. The first kappa shape index (κ1) is 21.0. The van der Waals surface area contributed by atoms with E-state index in [1.54, 1.807) is 13.2 Å². The van der Waals surface area contributed by atoms with Crippen molar-refractivity contribution in [3.8, 4) is 5.75 Å². The molecule has 0 N–H and O–H groups in total. The molecule has 0 amide bonds. The van der Waals surface area contributed by atoms with Gasteiger partial charge in [-0.1, -0.05) is 19.1 Å². The fourth-order valence-electron chi connectivity index (χ4n) is 2.85. The van der Waals surface area contributed by atoms with Gasteiger partial charge >= 0.3 is 11.9 Å². The molecular formula is C22H30O5. The summed E-state index contributed by atoms with van der Waals surface area (Å²) in [4.78, 5) is 24.3. The Labute approximate surface area is 161 Å². The third-order valence-corrected chi connectivity index (χ3v) is 5.10. The fraction of sp³-hybridized carbons (Fsp3) is 0.545. The molecule has 27 heavy (non-hydrogen) atoms. The van der Waals surface area contributed by atoms with Crippen molar-refractivity contribution in [3.63, 3.8) is 0 Å². The van der Waals surface area contributed by atoms with Gasteiger partial charge in [0.1, 0.15) is 18.0 Å². The minimum atomic E-state index is -0.481. The van der Waals surface area contributed by atoms with Crippen molar-refractivity contribution in [1.82, 2.24) is 0 Å². The number of methoxy groups -OCH3 is 1. The summed E-state index contributed by atoms with van der Waals surface area (Å²) in [5.74, 6) is 0.210. The Bertz CT molecular complexity index is 660. The molecule has 5 heteroatoms. The van der Waals surface area contributed by atoms with Crippen molar-refractivity contribution >= 4 is 18.0 Å². The van der Waals surface area contributed by atoms with Gasteiger partial charge < -0.3 is 14.2 Å². The number of carbonyl (C=O) groups is 2. The topological polar surface area (TPSA) is 61.8 Å². The Balaban J connectivity index is 1.84. The summed E-state index contributed by atoms with van der Waals surface area (Å²) in [5.41, 5.74) is 0.412. The van der Waals surface area contributed by atoms with Crippen molar-refractivity contribution in [1.29, 1.82) is 0 Å². The molecule has 0 radical (unpaired) electrons. The first-order valence-corrected chi connectivity index (χ1v) is 9.58. The number of hydrogen-bond donors (Lipinski definition) is 0. The SMILES string of the molecule is CCC(C)(C)C(=O)OC1CCCC(OC(=O)/C=C/c2ccc(OC)cc2)C1. The predicted molar refractivity (Wildman–Crippen MR) is 104 cm³/mol. The Morgan fingerprint density at radius 1 is 1.11 bits per heavy atom. The van der Waals surface area contributed by atoms with E-state index in [-0.39, 0.29) is 24.1 Å². The Morgan fingerprint density at radius 2 is 1.74 bits per heavy atom. The van der Waals surface area contributed by atoms with E-state index in [2.05, 4.69) is 0 Å². The number of esters is 2. The van der Waals surface area contributed by atoms with Crippen LogP contribution in [0.3, 0.4) is 0 Å². The lowest BCUT2D eigenvalue weighted by molar-refractivity contribution is -0.165. The van der Waals surface area contributed by atoms with E-state index < -0.39 is 5.41 Å². The van der Waals surface area contributed by atoms with Gasteiger partial charge in [0.25, 0.3) is 0 Å². The Morgan fingerprint density at radius 3 is 2.33 bits per heavy atom. The molecule has 5 nitrogen and oxygen atoms in total. The standard InChI is InChI=1S/C22H30O5/c1-5-22(2,3)21(24)27-19-8-6-7-18(15-19)26-20(23)14-11-16-9-12-17(25-4)13-10-16/h9-14,18-19H,5-8,15H2,1-4H3/b14-11+. The van der Waals surface area contributed by atoms with Crippen molar-refractivity contribution in [2.24, 2.45) is 5.41 Å². The maximum Gasteiger partial charge on any atom is 0.331 e. The van der Waals surface area contributed by atoms with Crippen LogP contribution in [-0.2, 0) is 19.1 Å². The molecule has 1 aromatic rings. The molecule has 0 spiro atoms. The van der Waals surface area contributed by atoms with Gasteiger partial charge in [0.15, 0.2) is 0 Å². The molecule has 148 valence electrons. The summed E-state index contributed by atoms with van der Waals surface area (Å²) < 4.78 is 16.3. The zero-order chi connectivity index (χ0) is 19.9. The molecule has 1 aliphatic rings. The van der Waals surface area contributed by atoms with Gasteiger partial charge in [-0.15, -0.1) is 0 Å². The lowest BCUT2D eigenvalue weighted by Crippen LogP contribution is -2.35. The number of ether oxygens (including phenoxy) is 3. The van der Waals surface area contributed by atoms with Gasteiger partial charge in [-0.3, -0.25) is 4.79 Å². The van der Waals surface area contributed by atoms with Crippen LogP contribution in [0.5, 0.6) is 5.75 Å². The summed E-state index contributed by atoms with van der Waals surface area (Å²) in [6.45, 7) is 5.75. The van der Waals surface area contributed by atoms with E-state index in [0.717, 1.165) is 37.0 Å². The van der Waals surface area contributed by atoms with Crippen LogP contribution in [0.15, 0.2) is 30.3 Å². The van der Waals surface area contributed by atoms with Crippen LogP contribution >= 0.6 is 0 Å². The third-order valence-electron chi connectivity index (χ3n) is 5.10. The molecular weight excluding hydrogens is 344 g/mol. The predicted octanol–water partition coefficient (Wildman–Crippen LogP) is 4.54. The normalized spacial score (nSPS) is 20.3. The van der Waals surface area contributed by atoms with Crippen molar-refractivity contribution in [2.45, 2.75) is 65.1 Å². The maximum absolute atomic E-state index is 12.2. The highest BCUT2D eigenvalue weighted by atomic mass is 16.6. The minimum absolute atomic E-state index is 0.179. The van der Waals surface area contributed by atoms with Crippen molar-refractivity contribution in [3.05, 3.63) is 35.9 Å². The summed E-state index contributed by atoms with van der Waals surface area (Å²) in [5, 5.41) is 0. The molecule has 2 unspecified atom stereocenters. The fourth-order valence-corrected chi connectivity index (χ4v) is 2.85. The highest BCUT2D eigenvalue weighted by Crippen LogP contribution is 2.28. The average molecular weight is 374 g/mol. The molecule has 1 aromatic carbocycles. The summed E-state index contributed by atoms with van der Waals surface area (Å²) in [7, 11) is 1.61. The summed E-state index contributed by atoms with van der Waals surface area (Å²) in [6.07, 6.45) is 6.54. The van der Waals surface area contributed by atoms with Gasteiger partial charge in [-0.25, -0.2) is 4.79 Å². The first-order valence-electron chi connectivity index (χ1n) is 9.58. The van der Waals surface area contributed by atoms with Crippen molar-refractivity contribution < 1.29 is 23.8 Å². The molecule has 0 aliphatic heterocycles. The minimum Gasteiger partial charge on any atom is -0.497 e. The molecule has 1 saturated carbocycles. The van der Waals surface area contributed by atoms with Gasteiger partial charge in [0.2, 0.25) is 0 Å². The van der Waals surface area contributed by atoms with Crippen LogP contribution in [-0.4, -0.2) is 31.3 Å². The molecule has 1 fully saturated rings.